The first-order valence-electron chi connectivity index (χ1n) is 4.97. The van der Waals surface area contributed by atoms with Gasteiger partial charge >= 0.3 is 0 Å². The van der Waals surface area contributed by atoms with Gasteiger partial charge in [0.2, 0.25) is 5.12 Å². The van der Waals surface area contributed by atoms with Crippen molar-refractivity contribution < 1.29 is 4.79 Å². The Hall–Kier alpha value is -0.970. The molecule has 1 aromatic heterocycles. The number of rotatable bonds is 3. The Kier molecular flexibility index (Phi) is 3.79. The van der Waals surface area contributed by atoms with Crippen LogP contribution in [0.25, 0.3) is 0 Å². The molecule has 0 bridgehead atoms. The number of nitrogens with two attached hydrogens (primary N) is 1. The molecule has 1 rings (SSSR count). The van der Waals surface area contributed by atoms with E-state index < -0.39 is 0 Å². The van der Waals surface area contributed by atoms with E-state index in [4.69, 9.17) is 5.73 Å². The van der Waals surface area contributed by atoms with Crippen molar-refractivity contribution in [3.63, 3.8) is 0 Å². The summed E-state index contributed by atoms with van der Waals surface area (Å²) in [6.07, 6.45) is 1.55. The molecule has 0 spiro atoms. The van der Waals surface area contributed by atoms with E-state index >= 15 is 0 Å². The molecule has 0 aliphatic rings. The topological polar surface area (TPSA) is 60.9 Å². The zero-order valence-corrected chi connectivity index (χ0v) is 10.3. The standard InChI is InChI=1S/C10H17N3OS/c1-6(2)13-9(11)8(5-12-13)10(14)15-7(3)4/h5-7H,11H2,1-4H3. The number of nitrogens with zero attached hydrogens (tertiary/aromatic N) is 2. The summed E-state index contributed by atoms with van der Waals surface area (Å²) >= 11 is 1.27. The average Bonchev–Trinajstić information content (AvgIpc) is 2.45. The zero-order chi connectivity index (χ0) is 11.6. The fourth-order valence-corrected chi connectivity index (χ4v) is 1.93. The van der Waals surface area contributed by atoms with Crippen LogP contribution in [-0.4, -0.2) is 20.1 Å². The Morgan fingerprint density at radius 2 is 2.07 bits per heavy atom. The molecule has 5 heteroatoms. The Balaban J connectivity index is 2.91. The first-order valence-corrected chi connectivity index (χ1v) is 5.85. The lowest BCUT2D eigenvalue weighted by Gasteiger charge is -2.08. The number of anilines is 1. The molecular formula is C10H17N3OS. The number of carbonyl (C=O) groups excluding carboxylic acids is 1. The molecule has 0 aliphatic heterocycles. The van der Waals surface area contributed by atoms with Gasteiger partial charge in [-0.2, -0.15) is 5.10 Å². The molecular weight excluding hydrogens is 210 g/mol. The van der Waals surface area contributed by atoms with E-state index in [1.807, 2.05) is 27.7 Å². The highest BCUT2D eigenvalue weighted by Gasteiger charge is 2.17. The number of hydrogen-bond donors (Lipinski definition) is 1. The highest BCUT2D eigenvalue weighted by Crippen LogP contribution is 2.23. The lowest BCUT2D eigenvalue weighted by Crippen LogP contribution is -2.09. The summed E-state index contributed by atoms with van der Waals surface area (Å²) < 4.78 is 1.66. The monoisotopic (exact) mass is 227 g/mol. The van der Waals surface area contributed by atoms with Gasteiger partial charge in [-0.05, 0) is 13.8 Å². The van der Waals surface area contributed by atoms with E-state index in [0.717, 1.165) is 0 Å². The molecule has 0 saturated heterocycles. The summed E-state index contributed by atoms with van der Waals surface area (Å²) in [7, 11) is 0. The molecule has 1 aromatic rings. The molecule has 0 amide bonds. The molecule has 0 aliphatic carbocycles. The third kappa shape index (κ3) is 2.75. The van der Waals surface area contributed by atoms with E-state index in [-0.39, 0.29) is 16.4 Å². The van der Waals surface area contributed by atoms with Crippen LogP contribution in [0.15, 0.2) is 6.20 Å². The van der Waals surface area contributed by atoms with Crippen molar-refractivity contribution in [2.75, 3.05) is 5.73 Å². The Morgan fingerprint density at radius 3 is 2.47 bits per heavy atom. The van der Waals surface area contributed by atoms with Gasteiger partial charge in [-0.25, -0.2) is 4.68 Å². The van der Waals surface area contributed by atoms with E-state index in [0.29, 0.717) is 11.4 Å². The van der Waals surface area contributed by atoms with Crippen LogP contribution in [0.3, 0.4) is 0 Å². The zero-order valence-electron chi connectivity index (χ0n) is 9.52. The number of nitrogen functional groups attached to an aromatic ring is 1. The van der Waals surface area contributed by atoms with E-state index in [9.17, 15) is 4.79 Å². The summed E-state index contributed by atoms with van der Waals surface area (Å²) in [6, 6.07) is 0.176. The van der Waals surface area contributed by atoms with E-state index in [1.54, 1.807) is 10.9 Å². The molecule has 4 nitrogen and oxygen atoms in total. The lowest BCUT2D eigenvalue weighted by atomic mass is 10.3. The summed E-state index contributed by atoms with van der Waals surface area (Å²) in [6.45, 7) is 7.91. The van der Waals surface area contributed by atoms with Crippen molar-refractivity contribution in [3.05, 3.63) is 11.8 Å². The average molecular weight is 227 g/mol. The molecule has 1 heterocycles. The van der Waals surface area contributed by atoms with Gasteiger partial charge < -0.3 is 5.73 Å². The van der Waals surface area contributed by atoms with Crippen molar-refractivity contribution in [2.45, 2.75) is 39.0 Å². The summed E-state index contributed by atoms with van der Waals surface area (Å²) in [5.74, 6) is 0.461. The maximum Gasteiger partial charge on any atom is 0.224 e. The van der Waals surface area contributed by atoms with Gasteiger partial charge in [0, 0.05) is 11.3 Å². The lowest BCUT2D eigenvalue weighted by molar-refractivity contribution is 0.108. The van der Waals surface area contributed by atoms with Crippen LogP contribution < -0.4 is 5.73 Å². The van der Waals surface area contributed by atoms with Crippen LogP contribution in [0.5, 0.6) is 0 Å². The Bertz CT molecular complexity index is 358. The number of carbonyl (C=O) groups is 1. The van der Waals surface area contributed by atoms with Gasteiger partial charge in [0.15, 0.2) is 0 Å². The predicted octanol–water partition coefficient (Wildman–Crippen LogP) is 2.33. The van der Waals surface area contributed by atoms with Gasteiger partial charge in [-0.15, -0.1) is 0 Å². The highest BCUT2D eigenvalue weighted by atomic mass is 32.2. The fourth-order valence-electron chi connectivity index (χ4n) is 1.22. The van der Waals surface area contributed by atoms with Gasteiger partial charge in [0.1, 0.15) is 5.82 Å². The van der Waals surface area contributed by atoms with Gasteiger partial charge in [0.05, 0.1) is 11.8 Å². The molecule has 0 unspecified atom stereocenters. The van der Waals surface area contributed by atoms with Crippen LogP contribution in [0.1, 0.15) is 44.1 Å². The third-order valence-corrected chi connectivity index (χ3v) is 2.79. The summed E-state index contributed by atoms with van der Waals surface area (Å²) in [5.41, 5.74) is 6.36. The molecule has 0 saturated carbocycles. The largest absolute Gasteiger partial charge is 0.383 e. The molecule has 0 atom stereocenters. The Labute approximate surface area is 94.2 Å². The smallest absolute Gasteiger partial charge is 0.224 e. The van der Waals surface area contributed by atoms with Crippen LogP contribution >= 0.6 is 11.8 Å². The maximum absolute atomic E-state index is 11.7. The second-order valence-corrected chi connectivity index (χ2v) is 5.49. The third-order valence-electron chi connectivity index (χ3n) is 1.89. The van der Waals surface area contributed by atoms with E-state index in [2.05, 4.69) is 5.10 Å². The minimum Gasteiger partial charge on any atom is -0.383 e. The van der Waals surface area contributed by atoms with Crippen molar-refractivity contribution in [2.24, 2.45) is 0 Å². The second-order valence-electron chi connectivity index (χ2n) is 3.94. The van der Waals surface area contributed by atoms with Crippen LogP contribution in [0.4, 0.5) is 5.82 Å². The first kappa shape index (κ1) is 12.1. The fraction of sp³-hybridized carbons (Fsp3) is 0.600. The van der Waals surface area contributed by atoms with Gasteiger partial charge in [-0.3, -0.25) is 4.79 Å². The summed E-state index contributed by atoms with van der Waals surface area (Å²) in [4.78, 5) is 11.7. The first-order chi connectivity index (χ1) is 6.93. The number of thioether (sulfide) groups is 1. The summed E-state index contributed by atoms with van der Waals surface area (Å²) in [5, 5.41) is 4.36. The van der Waals surface area contributed by atoms with Crippen molar-refractivity contribution >= 4 is 22.7 Å². The molecule has 0 fully saturated rings. The van der Waals surface area contributed by atoms with Crippen molar-refractivity contribution in [3.8, 4) is 0 Å². The normalized spacial score (nSPS) is 11.3. The van der Waals surface area contributed by atoms with Gasteiger partial charge in [0.25, 0.3) is 0 Å². The van der Waals surface area contributed by atoms with Crippen molar-refractivity contribution in [1.82, 2.24) is 9.78 Å². The minimum atomic E-state index is -0.00519. The Morgan fingerprint density at radius 1 is 1.47 bits per heavy atom. The number of hydrogen-bond acceptors (Lipinski definition) is 4. The molecule has 15 heavy (non-hydrogen) atoms. The van der Waals surface area contributed by atoms with Gasteiger partial charge in [-0.1, -0.05) is 25.6 Å². The van der Waals surface area contributed by atoms with Crippen LogP contribution in [0, 0.1) is 0 Å². The second kappa shape index (κ2) is 4.70. The van der Waals surface area contributed by atoms with Crippen LogP contribution in [-0.2, 0) is 0 Å². The van der Waals surface area contributed by atoms with Crippen molar-refractivity contribution in [1.29, 1.82) is 0 Å². The number of aromatic nitrogens is 2. The molecule has 0 radical (unpaired) electrons. The molecule has 84 valence electrons. The van der Waals surface area contributed by atoms with E-state index in [1.165, 1.54) is 11.8 Å². The predicted molar refractivity (Wildman–Crippen MR) is 64.1 cm³/mol. The quantitative estimate of drug-likeness (QED) is 0.861. The molecule has 2 N–H and O–H groups in total. The SMILES string of the molecule is CC(C)SC(=O)c1cnn(C(C)C)c1N. The van der Waals surface area contributed by atoms with Crippen LogP contribution in [0.2, 0.25) is 0 Å². The highest BCUT2D eigenvalue weighted by molar-refractivity contribution is 8.14. The minimum absolute atomic E-state index is 0.00519. The molecule has 0 aromatic carbocycles. The maximum atomic E-state index is 11.7.